The van der Waals surface area contributed by atoms with Crippen LogP contribution in [0.1, 0.15) is 88.2 Å². The minimum Gasteiger partial charge on any atom is -0.342 e. The van der Waals surface area contributed by atoms with E-state index >= 15 is 0 Å². The molecule has 3 aliphatic rings. The third-order valence-electron chi connectivity index (χ3n) is 7.61. The minimum absolute atomic E-state index is 0.183. The summed E-state index contributed by atoms with van der Waals surface area (Å²) in [5.41, 5.74) is 3.06. The molecule has 4 rings (SSSR count). The zero-order valence-corrected chi connectivity index (χ0v) is 16.9. The Morgan fingerprint density at radius 1 is 1.19 bits per heavy atom. The summed E-state index contributed by atoms with van der Waals surface area (Å²) in [5.74, 6) is 2.15. The largest absolute Gasteiger partial charge is 0.342 e. The van der Waals surface area contributed by atoms with Crippen LogP contribution >= 0.6 is 0 Å². The fourth-order valence-electron chi connectivity index (χ4n) is 5.53. The molecule has 146 valence electrons. The molecule has 1 spiro atoms. The molecule has 2 saturated carbocycles. The zero-order valence-electron chi connectivity index (χ0n) is 16.9. The number of Topliss-reactive ketones (excluding diaryl/α,β-unsaturated/α-hetero) is 1. The van der Waals surface area contributed by atoms with Crippen molar-refractivity contribution in [3.63, 3.8) is 0 Å². The van der Waals surface area contributed by atoms with Crippen LogP contribution in [0, 0.1) is 11.3 Å². The molecule has 1 aliphatic heterocycles. The third-order valence-corrected chi connectivity index (χ3v) is 7.61. The van der Waals surface area contributed by atoms with Gasteiger partial charge in [-0.15, -0.1) is 0 Å². The van der Waals surface area contributed by atoms with Gasteiger partial charge in [-0.25, -0.2) is 0 Å². The van der Waals surface area contributed by atoms with Crippen LogP contribution in [0.2, 0.25) is 0 Å². The van der Waals surface area contributed by atoms with Crippen LogP contribution in [0.3, 0.4) is 0 Å². The monoisotopic (exact) mass is 367 g/mol. The summed E-state index contributed by atoms with van der Waals surface area (Å²) >= 11 is 0. The van der Waals surface area contributed by atoms with Gasteiger partial charge in [0, 0.05) is 31.8 Å². The van der Waals surface area contributed by atoms with Gasteiger partial charge in [0.05, 0.1) is 0 Å². The van der Waals surface area contributed by atoms with Crippen LogP contribution in [0.5, 0.6) is 0 Å². The molecule has 0 radical (unpaired) electrons. The molecule has 1 aromatic carbocycles. The Hall–Kier alpha value is -1.64. The Morgan fingerprint density at radius 2 is 1.85 bits per heavy atom. The number of nitrogens with zero attached hydrogens (tertiary/aromatic N) is 1. The van der Waals surface area contributed by atoms with Crippen LogP contribution in [0.15, 0.2) is 24.3 Å². The Kier molecular flexibility index (Phi) is 5.13. The number of likely N-dealkylation sites (tertiary alicyclic amines) is 1. The van der Waals surface area contributed by atoms with E-state index in [2.05, 4.69) is 43.0 Å². The van der Waals surface area contributed by atoms with Crippen molar-refractivity contribution < 1.29 is 9.59 Å². The summed E-state index contributed by atoms with van der Waals surface area (Å²) in [6.45, 7) is 6.29. The fourth-order valence-corrected chi connectivity index (χ4v) is 5.53. The van der Waals surface area contributed by atoms with Crippen LogP contribution in [-0.4, -0.2) is 29.7 Å². The van der Waals surface area contributed by atoms with Gasteiger partial charge in [-0.1, -0.05) is 38.1 Å². The molecule has 0 aromatic heterocycles. The molecule has 0 bridgehead atoms. The maximum Gasteiger partial charge on any atom is 0.225 e. The van der Waals surface area contributed by atoms with E-state index in [0.29, 0.717) is 23.5 Å². The van der Waals surface area contributed by atoms with Crippen molar-refractivity contribution in [2.24, 2.45) is 11.3 Å². The van der Waals surface area contributed by atoms with Crippen molar-refractivity contribution >= 4 is 11.7 Å². The van der Waals surface area contributed by atoms with Gasteiger partial charge in [0.25, 0.3) is 0 Å². The predicted molar refractivity (Wildman–Crippen MR) is 108 cm³/mol. The van der Waals surface area contributed by atoms with Gasteiger partial charge in [0.15, 0.2) is 0 Å². The van der Waals surface area contributed by atoms with Crippen molar-refractivity contribution in [3.8, 4) is 0 Å². The first kappa shape index (κ1) is 18.7. The highest BCUT2D eigenvalue weighted by Crippen LogP contribution is 2.55. The second-order valence-electron chi connectivity index (χ2n) is 9.40. The van der Waals surface area contributed by atoms with E-state index in [0.717, 1.165) is 58.0 Å². The lowest BCUT2D eigenvalue weighted by Crippen LogP contribution is -2.48. The van der Waals surface area contributed by atoms with Crippen molar-refractivity contribution in [2.75, 3.05) is 13.1 Å². The molecule has 27 heavy (non-hydrogen) atoms. The van der Waals surface area contributed by atoms with Crippen molar-refractivity contribution in [3.05, 3.63) is 35.4 Å². The van der Waals surface area contributed by atoms with E-state index in [1.54, 1.807) is 0 Å². The average molecular weight is 368 g/mol. The molecule has 1 heterocycles. The SMILES string of the molecule is CCC(C)c1ccc(C2CCN(C(=O)C3CC4(CCC(=O)C4)C3)CC2)cc1. The van der Waals surface area contributed by atoms with Gasteiger partial charge < -0.3 is 4.90 Å². The first-order valence-electron chi connectivity index (χ1n) is 10.9. The summed E-state index contributed by atoms with van der Waals surface area (Å²) in [7, 11) is 0. The lowest BCUT2D eigenvalue weighted by Gasteiger charge is -2.46. The minimum atomic E-state index is 0.183. The normalized spacial score (nSPS) is 29.8. The molecule has 1 atom stereocenters. The number of amides is 1. The molecule has 2 aliphatic carbocycles. The number of rotatable bonds is 4. The summed E-state index contributed by atoms with van der Waals surface area (Å²) in [6.07, 6.45) is 7.72. The Bertz CT molecular complexity index is 694. The molecule has 3 fully saturated rings. The topological polar surface area (TPSA) is 37.4 Å². The van der Waals surface area contributed by atoms with E-state index < -0.39 is 0 Å². The lowest BCUT2D eigenvalue weighted by molar-refractivity contribution is -0.145. The number of piperidine rings is 1. The molecule has 3 heteroatoms. The molecule has 3 nitrogen and oxygen atoms in total. The summed E-state index contributed by atoms with van der Waals surface area (Å²) in [6, 6.07) is 9.18. The fraction of sp³-hybridized carbons (Fsp3) is 0.667. The van der Waals surface area contributed by atoms with E-state index in [4.69, 9.17) is 0 Å². The number of carbonyl (C=O) groups is 2. The van der Waals surface area contributed by atoms with Gasteiger partial charge >= 0.3 is 0 Å². The number of hydrogen-bond donors (Lipinski definition) is 0. The Balaban J connectivity index is 1.28. The molecular weight excluding hydrogens is 334 g/mol. The quantitative estimate of drug-likeness (QED) is 0.746. The van der Waals surface area contributed by atoms with Crippen LogP contribution in [0.4, 0.5) is 0 Å². The van der Waals surface area contributed by atoms with Crippen molar-refractivity contribution in [1.29, 1.82) is 0 Å². The van der Waals surface area contributed by atoms with E-state index in [1.165, 1.54) is 17.5 Å². The zero-order chi connectivity index (χ0) is 19.0. The second kappa shape index (κ2) is 7.41. The van der Waals surface area contributed by atoms with Gasteiger partial charge in [-0.3, -0.25) is 9.59 Å². The molecule has 1 amide bonds. The molecule has 1 unspecified atom stereocenters. The van der Waals surface area contributed by atoms with Crippen LogP contribution in [-0.2, 0) is 9.59 Å². The van der Waals surface area contributed by atoms with Crippen LogP contribution in [0.25, 0.3) is 0 Å². The van der Waals surface area contributed by atoms with Gasteiger partial charge in [-0.2, -0.15) is 0 Å². The van der Waals surface area contributed by atoms with Crippen molar-refractivity contribution in [1.82, 2.24) is 4.90 Å². The highest BCUT2D eigenvalue weighted by molar-refractivity contribution is 5.84. The summed E-state index contributed by atoms with van der Waals surface area (Å²) in [4.78, 5) is 26.5. The number of hydrogen-bond acceptors (Lipinski definition) is 2. The summed E-state index contributed by atoms with van der Waals surface area (Å²) in [5, 5.41) is 0. The molecule has 1 aromatic rings. The maximum atomic E-state index is 12.8. The average Bonchev–Trinajstić information content (AvgIpc) is 3.08. The molecular formula is C24H33NO2. The Labute approximate surface area is 163 Å². The van der Waals surface area contributed by atoms with E-state index in [1.807, 2.05) is 0 Å². The third kappa shape index (κ3) is 3.70. The van der Waals surface area contributed by atoms with Gasteiger partial charge in [0.2, 0.25) is 5.91 Å². The smallest absolute Gasteiger partial charge is 0.225 e. The van der Waals surface area contributed by atoms with E-state index in [-0.39, 0.29) is 11.3 Å². The number of ketones is 1. The van der Waals surface area contributed by atoms with Gasteiger partial charge in [-0.05, 0) is 66.9 Å². The highest BCUT2D eigenvalue weighted by atomic mass is 16.2. The highest BCUT2D eigenvalue weighted by Gasteiger charge is 2.51. The summed E-state index contributed by atoms with van der Waals surface area (Å²) < 4.78 is 0. The molecule has 0 N–H and O–H groups in total. The Morgan fingerprint density at radius 3 is 2.41 bits per heavy atom. The van der Waals surface area contributed by atoms with Crippen molar-refractivity contribution in [2.45, 2.75) is 77.0 Å². The first-order valence-corrected chi connectivity index (χ1v) is 10.9. The number of carbonyl (C=O) groups excluding carboxylic acids is 2. The lowest BCUT2D eigenvalue weighted by atomic mass is 9.60. The standard InChI is InChI=1S/C24H33NO2/c1-3-17(2)18-4-6-19(7-5-18)20-9-12-25(13-10-20)23(27)21-14-24(15-21)11-8-22(26)16-24/h4-7,17,20-21H,3,8-16H2,1-2H3. The van der Waals surface area contributed by atoms with Crippen LogP contribution < -0.4 is 0 Å². The molecule has 1 saturated heterocycles. The maximum absolute atomic E-state index is 12.8. The number of benzene rings is 1. The van der Waals surface area contributed by atoms with Gasteiger partial charge in [0.1, 0.15) is 5.78 Å². The van der Waals surface area contributed by atoms with E-state index in [9.17, 15) is 9.59 Å². The predicted octanol–water partition coefficient (Wildman–Crippen LogP) is 5.06. The first-order chi connectivity index (χ1) is 13.0. The second-order valence-corrected chi connectivity index (χ2v) is 9.40.